The van der Waals surface area contributed by atoms with E-state index >= 15 is 0 Å². The van der Waals surface area contributed by atoms with E-state index in [4.69, 9.17) is 18.9 Å². The molecule has 2 heterocycles. The molecule has 0 aromatic heterocycles. The van der Waals surface area contributed by atoms with Gasteiger partial charge in [-0.1, -0.05) is 25.1 Å². The third-order valence-electron chi connectivity index (χ3n) is 10.1. The number of benzene rings is 1. The summed E-state index contributed by atoms with van der Waals surface area (Å²) in [6.07, 6.45) is -6.07. The highest BCUT2D eigenvalue weighted by Gasteiger charge is 2.85. The number of ketones is 1. The summed E-state index contributed by atoms with van der Waals surface area (Å²) in [7, 11) is 1.09. The van der Waals surface area contributed by atoms with E-state index in [0.29, 0.717) is 5.57 Å². The number of carbonyl (C=O) groups is 4. The van der Waals surface area contributed by atoms with Crippen LogP contribution in [0.3, 0.4) is 0 Å². The lowest BCUT2D eigenvalue weighted by atomic mass is 9.38. The molecule has 0 amide bonds. The van der Waals surface area contributed by atoms with Crippen molar-refractivity contribution in [1.82, 2.24) is 0 Å². The maximum atomic E-state index is 13.5. The lowest BCUT2D eigenvalue weighted by Gasteiger charge is -2.67. The second-order valence-corrected chi connectivity index (χ2v) is 11.6. The highest BCUT2D eigenvalue weighted by molar-refractivity contribution is 5.96. The summed E-state index contributed by atoms with van der Waals surface area (Å²) in [6, 6.07) is 7.96. The summed E-state index contributed by atoms with van der Waals surface area (Å²) < 4.78 is 22.7. The van der Waals surface area contributed by atoms with Crippen molar-refractivity contribution in [3.8, 4) is 0 Å². The molecule has 2 bridgehead atoms. The molecule has 208 valence electrons. The van der Waals surface area contributed by atoms with Crippen LogP contribution in [-0.4, -0.2) is 82.7 Å². The summed E-state index contributed by atoms with van der Waals surface area (Å²) in [6.45, 7) is 3.18. The minimum Gasteiger partial charge on any atom is -0.504 e. The van der Waals surface area contributed by atoms with Crippen molar-refractivity contribution in [1.29, 1.82) is 0 Å². The van der Waals surface area contributed by atoms with Gasteiger partial charge in [-0.3, -0.25) is 4.79 Å². The van der Waals surface area contributed by atoms with Crippen molar-refractivity contribution in [2.75, 3.05) is 13.7 Å². The number of aliphatic hydroxyl groups excluding tert-OH is 3. The van der Waals surface area contributed by atoms with Crippen LogP contribution in [0.2, 0.25) is 0 Å². The van der Waals surface area contributed by atoms with Gasteiger partial charge < -0.3 is 34.3 Å². The molecule has 3 aliphatic carbocycles. The molecule has 2 saturated heterocycles. The van der Waals surface area contributed by atoms with E-state index in [2.05, 4.69) is 0 Å². The van der Waals surface area contributed by atoms with Gasteiger partial charge in [0.1, 0.15) is 12.2 Å². The third-order valence-corrected chi connectivity index (χ3v) is 10.1. The van der Waals surface area contributed by atoms with Crippen LogP contribution in [0, 0.1) is 28.6 Å². The number of Topliss-reactive ketones (excluding diaryl/α,β-unsaturated/α-hetero) is 1. The molecule has 6 rings (SSSR count). The van der Waals surface area contributed by atoms with Gasteiger partial charge in [0.15, 0.2) is 11.5 Å². The highest BCUT2D eigenvalue weighted by atomic mass is 16.6. The maximum Gasteiger partial charge on any atom is 0.348 e. The average molecular weight is 543 g/mol. The van der Waals surface area contributed by atoms with Gasteiger partial charge in [0, 0.05) is 17.8 Å². The number of aliphatic hydroxyl groups is 3. The number of rotatable bonds is 3. The first-order chi connectivity index (χ1) is 18.4. The summed E-state index contributed by atoms with van der Waals surface area (Å²) in [5.41, 5.74) is -4.02. The molecule has 11 heteroatoms. The molecule has 39 heavy (non-hydrogen) atoms. The molecule has 0 unspecified atom stereocenters. The van der Waals surface area contributed by atoms with E-state index in [1.54, 1.807) is 32.0 Å². The largest absolute Gasteiger partial charge is 0.504 e. The quantitative estimate of drug-likeness (QED) is 0.366. The van der Waals surface area contributed by atoms with Crippen LogP contribution in [0.4, 0.5) is 0 Å². The van der Waals surface area contributed by atoms with Crippen LogP contribution in [-0.2, 0) is 33.3 Å². The molecule has 5 aliphatic rings. The smallest absolute Gasteiger partial charge is 0.348 e. The van der Waals surface area contributed by atoms with Crippen LogP contribution >= 0.6 is 0 Å². The van der Waals surface area contributed by atoms with Crippen molar-refractivity contribution in [2.45, 2.75) is 56.7 Å². The number of allylic oxidation sites excluding steroid dienone is 2. The molecule has 1 aromatic carbocycles. The molecular formula is C28H30O11. The Labute approximate surface area is 223 Å². The zero-order chi connectivity index (χ0) is 28.1. The monoisotopic (exact) mass is 542 g/mol. The van der Waals surface area contributed by atoms with E-state index in [1.165, 1.54) is 12.1 Å². The van der Waals surface area contributed by atoms with Gasteiger partial charge in [-0.25, -0.2) is 14.4 Å². The molecular weight excluding hydrogens is 512 g/mol. The van der Waals surface area contributed by atoms with E-state index in [0.717, 1.165) is 7.11 Å². The van der Waals surface area contributed by atoms with Gasteiger partial charge in [-0.15, -0.1) is 0 Å². The summed E-state index contributed by atoms with van der Waals surface area (Å²) in [5, 5.41) is 33.8. The Bertz CT molecular complexity index is 1310. The zero-order valence-electron chi connectivity index (χ0n) is 21.7. The summed E-state index contributed by atoms with van der Waals surface area (Å²) in [4.78, 5) is 53.0. The number of hydrogen-bond acceptors (Lipinski definition) is 11. The Kier molecular flexibility index (Phi) is 5.57. The molecule has 10 atom stereocenters. The average Bonchev–Trinajstić information content (AvgIpc) is 3.23. The first kappa shape index (κ1) is 26.0. The van der Waals surface area contributed by atoms with Crippen molar-refractivity contribution in [3.63, 3.8) is 0 Å². The minimum atomic E-state index is -2.24. The fraction of sp³-hybridized carbons (Fsp3) is 0.571. The van der Waals surface area contributed by atoms with E-state index in [9.17, 15) is 34.5 Å². The Morgan fingerprint density at radius 1 is 1.10 bits per heavy atom. The van der Waals surface area contributed by atoms with Gasteiger partial charge in [0.05, 0.1) is 31.3 Å². The van der Waals surface area contributed by atoms with Crippen LogP contribution in [0.25, 0.3) is 0 Å². The van der Waals surface area contributed by atoms with Crippen molar-refractivity contribution in [2.24, 2.45) is 28.6 Å². The number of ether oxygens (including phenoxy) is 4. The number of fused-ring (bicyclic) bond motifs is 2. The molecule has 2 saturated carbocycles. The van der Waals surface area contributed by atoms with Gasteiger partial charge in [-0.05, 0) is 42.4 Å². The molecule has 2 aliphatic heterocycles. The standard InChI is InChI=1S/C28H30O11/c1-12-14-9-16-27-11-37-28(25(35)36-3,22(32)18(31)20(27)26(14,2)10-15(29)17(12)30)21(27)19(24(34)38-16)39-23(33)13-7-5-4-6-8-13/h4-8,14,16,18-22,30-32H,9-11H2,1-3H3/t14-,16-,18-,19-,20-,21-,22+,26+,27-,28+/m1/s1. The van der Waals surface area contributed by atoms with Gasteiger partial charge in [0.25, 0.3) is 0 Å². The highest BCUT2D eigenvalue weighted by Crippen LogP contribution is 2.72. The number of methoxy groups -OCH3 is 1. The molecule has 11 nitrogen and oxygen atoms in total. The zero-order valence-corrected chi connectivity index (χ0v) is 21.7. The molecule has 1 aromatic rings. The van der Waals surface area contributed by atoms with Crippen LogP contribution in [0.15, 0.2) is 41.7 Å². The van der Waals surface area contributed by atoms with Gasteiger partial charge >= 0.3 is 17.9 Å². The second kappa shape index (κ2) is 8.36. The fourth-order valence-electron chi connectivity index (χ4n) is 8.61. The Morgan fingerprint density at radius 3 is 2.46 bits per heavy atom. The van der Waals surface area contributed by atoms with Crippen LogP contribution in [0.5, 0.6) is 0 Å². The molecule has 1 spiro atoms. The van der Waals surface area contributed by atoms with Crippen LogP contribution < -0.4 is 0 Å². The van der Waals surface area contributed by atoms with E-state index in [1.807, 2.05) is 0 Å². The normalized spacial score (nSPS) is 44.2. The van der Waals surface area contributed by atoms with Crippen molar-refractivity contribution in [3.05, 3.63) is 47.2 Å². The van der Waals surface area contributed by atoms with E-state index < -0.39 is 82.3 Å². The lowest BCUT2D eigenvalue weighted by molar-refractivity contribution is -0.288. The SMILES string of the molecule is COC(=O)[C@@]12OC[C@]34[C@H]([C@@H](O)[C@@H]1O)[C@@]1(C)CC(=O)C(O)=C(C)[C@H]1C[C@H]3OC(=O)[C@H](OC(=O)c1ccccc1)[C@@H]24. The minimum absolute atomic E-state index is 0.149. The molecule has 0 radical (unpaired) electrons. The summed E-state index contributed by atoms with van der Waals surface area (Å²) in [5.74, 6) is -6.38. The van der Waals surface area contributed by atoms with Crippen LogP contribution in [0.1, 0.15) is 37.0 Å². The number of hydrogen-bond donors (Lipinski definition) is 3. The molecule has 4 fully saturated rings. The van der Waals surface area contributed by atoms with Crippen molar-refractivity contribution >= 4 is 23.7 Å². The number of esters is 3. The topological polar surface area (TPSA) is 166 Å². The first-order valence-electron chi connectivity index (χ1n) is 12.9. The van der Waals surface area contributed by atoms with Gasteiger partial charge in [0.2, 0.25) is 11.7 Å². The Morgan fingerprint density at radius 2 is 1.79 bits per heavy atom. The van der Waals surface area contributed by atoms with E-state index in [-0.39, 0.29) is 30.8 Å². The Hall–Kier alpha value is -3.28. The second-order valence-electron chi connectivity index (χ2n) is 11.6. The first-order valence-corrected chi connectivity index (χ1v) is 12.9. The number of carbonyl (C=O) groups excluding carboxylic acids is 4. The maximum absolute atomic E-state index is 13.5. The van der Waals surface area contributed by atoms with Crippen molar-refractivity contribution < 1.29 is 53.4 Å². The Balaban J connectivity index is 1.55. The molecule has 3 N–H and O–H groups in total. The van der Waals surface area contributed by atoms with Gasteiger partial charge in [-0.2, -0.15) is 0 Å². The lowest BCUT2D eigenvalue weighted by Crippen LogP contribution is -2.79. The fourth-order valence-corrected chi connectivity index (χ4v) is 8.61. The predicted octanol–water partition coefficient (Wildman–Crippen LogP) is 0.865. The third kappa shape index (κ3) is 3.03. The summed E-state index contributed by atoms with van der Waals surface area (Å²) >= 11 is 0. The predicted molar refractivity (Wildman–Crippen MR) is 129 cm³/mol.